The Morgan fingerprint density at radius 1 is 1.48 bits per heavy atom. The average molecular weight is 391 g/mol. The molecule has 1 aromatic rings. The van der Waals surface area contributed by atoms with Crippen molar-refractivity contribution >= 4 is 29.3 Å². The number of ether oxygens (including phenoxy) is 1. The van der Waals surface area contributed by atoms with Gasteiger partial charge in [0.05, 0.1) is 5.02 Å². The van der Waals surface area contributed by atoms with E-state index in [2.05, 4.69) is 5.32 Å². The molecule has 0 radical (unpaired) electrons. The van der Waals surface area contributed by atoms with Crippen molar-refractivity contribution < 1.29 is 13.9 Å². The van der Waals surface area contributed by atoms with Crippen LogP contribution in [-0.4, -0.2) is 41.6 Å². The second kappa shape index (κ2) is 8.56. The summed E-state index contributed by atoms with van der Waals surface area (Å²) in [6, 6.07) is 4.79. The maximum Gasteiger partial charge on any atom is 0.410 e. The maximum absolute atomic E-state index is 13.4. The molecule has 25 heavy (non-hydrogen) atoms. The fourth-order valence-electron chi connectivity index (χ4n) is 2.86. The van der Waals surface area contributed by atoms with E-state index in [1.807, 2.05) is 20.8 Å². The highest BCUT2D eigenvalue weighted by Gasteiger charge is 2.31. The van der Waals surface area contributed by atoms with Crippen LogP contribution in [0, 0.1) is 5.82 Å². The number of nitrogens with zero attached hydrogens (tertiary/aromatic N) is 1. The first-order valence-electron chi connectivity index (χ1n) is 8.44. The van der Waals surface area contributed by atoms with Crippen molar-refractivity contribution in [1.29, 1.82) is 0 Å². The van der Waals surface area contributed by atoms with Gasteiger partial charge in [0, 0.05) is 31.1 Å². The predicted molar refractivity (Wildman–Crippen MR) is 98.8 cm³/mol. The highest BCUT2D eigenvalue weighted by Crippen LogP contribution is 2.25. The van der Waals surface area contributed by atoms with E-state index in [0.29, 0.717) is 25.4 Å². The van der Waals surface area contributed by atoms with Gasteiger partial charge in [-0.1, -0.05) is 17.7 Å². The summed E-state index contributed by atoms with van der Waals surface area (Å²) in [4.78, 5) is 13.9. The van der Waals surface area contributed by atoms with Crippen LogP contribution in [0.1, 0.15) is 45.2 Å². The van der Waals surface area contributed by atoms with Gasteiger partial charge in [-0.2, -0.15) is 0 Å². The van der Waals surface area contributed by atoms with Crippen LogP contribution in [0.5, 0.6) is 0 Å². The zero-order valence-electron chi connectivity index (χ0n) is 14.8. The Morgan fingerprint density at radius 2 is 2.20 bits per heavy atom. The number of likely N-dealkylation sites (tertiary alicyclic amines) is 1. The minimum absolute atomic E-state index is 0.0424. The maximum atomic E-state index is 13.4. The second-order valence-electron chi connectivity index (χ2n) is 7.28. The largest absolute Gasteiger partial charge is 0.444 e. The molecule has 140 valence electrons. The molecule has 0 aliphatic carbocycles. The standard InChI is InChI=1S/C18H25Cl2FN2O2/c1-18(2,3)25-17(24)23-9-7-13(11-23)22-16(6-8-19)12-4-5-15(21)14(20)10-12/h4-5,10,13,16,22H,6-9,11H2,1-3H3/t13-,16?/m0/s1. The van der Waals surface area contributed by atoms with Crippen molar-refractivity contribution in [2.45, 2.75) is 51.3 Å². The molecule has 1 aliphatic rings. The van der Waals surface area contributed by atoms with Crippen LogP contribution in [-0.2, 0) is 4.74 Å². The molecule has 0 spiro atoms. The number of halogens is 3. The highest BCUT2D eigenvalue weighted by atomic mass is 35.5. The van der Waals surface area contributed by atoms with E-state index >= 15 is 0 Å². The third-order valence-corrected chi connectivity index (χ3v) is 4.53. The number of hydrogen-bond donors (Lipinski definition) is 1. The molecule has 1 aliphatic heterocycles. The van der Waals surface area contributed by atoms with Gasteiger partial charge in [0.2, 0.25) is 0 Å². The smallest absolute Gasteiger partial charge is 0.410 e. The van der Waals surface area contributed by atoms with Crippen LogP contribution in [0.25, 0.3) is 0 Å². The average Bonchev–Trinajstić information content (AvgIpc) is 2.97. The summed E-state index contributed by atoms with van der Waals surface area (Å²) in [6.45, 7) is 6.77. The molecule has 2 atom stereocenters. The molecule has 1 heterocycles. The third kappa shape index (κ3) is 6.01. The van der Waals surface area contributed by atoms with Crippen molar-refractivity contribution in [1.82, 2.24) is 10.2 Å². The summed E-state index contributed by atoms with van der Waals surface area (Å²) >= 11 is 11.8. The second-order valence-corrected chi connectivity index (χ2v) is 8.07. The number of alkyl halides is 1. The van der Waals surface area contributed by atoms with Gasteiger partial charge in [0.15, 0.2) is 0 Å². The fraction of sp³-hybridized carbons (Fsp3) is 0.611. The zero-order chi connectivity index (χ0) is 18.6. The van der Waals surface area contributed by atoms with Crippen molar-refractivity contribution in [3.8, 4) is 0 Å². The molecular formula is C18H25Cl2FN2O2. The van der Waals surface area contributed by atoms with Crippen LogP contribution in [0.3, 0.4) is 0 Å². The molecule has 7 heteroatoms. The SMILES string of the molecule is CC(C)(C)OC(=O)N1CC[C@H](NC(CCCl)c2ccc(F)c(Cl)c2)C1. The molecule has 0 aromatic heterocycles. The van der Waals surface area contributed by atoms with Crippen LogP contribution in [0.15, 0.2) is 18.2 Å². The lowest BCUT2D eigenvalue weighted by Crippen LogP contribution is -2.39. The van der Waals surface area contributed by atoms with Gasteiger partial charge in [-0.25, -0.2) is 9.18 Å². The number of nitrogens with one attached hydrogen (secondary N) is 1. The van der Waals surface area contributed by atoms with Crippen molar-refractivity contribution in [3.05, 3.63) is 34.6 Å². The van der Waals surface area contributed by atoms with Crippen LogP contribution in [0.4, 0.5) is 9.18 Å². The van der Waals surface area contributed by atoms with Gasteiger partial charge in [0.25, 0.3) is 0 Å². The van der Waals surface area contributed by atoms with E-state index in [0.717, 1.165) is 12.0 Å². The molecule has 0 saturated carbocycles. The van der Waals surface area contributed by atoms with Gasteiger partial charge >= 0.3 is 6.09 Å². The topological polar surface area (TPSA) is 41.6 Å². The first kappa shape index (κ1) is 20.3. The van der Waals surface area contributed by atoms with Crippen molar-refractivity contribution in [2.75, 3.05) is 19.0 Å². The highest BCUT2D eigenvalue weighted by molar-refractivity contribution is 6.30. The van der Waals surface area contributed by atoms with Gasteiger partial charge < -0.3 is 15.0 Å². The Kier molecular flexibility index (Phi) is 6.94. The van der Waals surface area contributed by atoms with Gasteiger partial charge in [-0.3, -0.25) is 0 Å². The van der Waals surface area contributed by atoms with Gasteiger partial charge in [-0.15, -0.1) is 11.6 Å². The minimum atomic E-state index is -0.505. The zero-order valence-corrected chi connectivity index (χ0v) is 16.3. The van der Waals surface area contributed by atoms with E-state index in [1.165, 1.54) is 6.07 Å². The number of amides is 1. The van der Waals surface area contributed by atoms with Crippen LogP contribution < -0.4 is 5.32 Å². The Morgan fingerprint density at radius 3 is 2.80 bits per heavy atom. The van der Waals surface area contributed by atoms with E-state index in [9.17, 15) is 9.18 Å². The van der Waals surface area contributed by atoms with E-state index in [1.54, 1.807) is 17.0 Å². The molecule has 1 N–H and O–H groups in total. The van der Waals surface area contributed by atoms with Crippen LogP contribution >= 0.6 is 23.2 Å². The van der Waals surface area contributed by atoms with Crippen molar-refractivity contribution in [3.63, 3.8) is 0 Å². The normalized spacial score (nSPS) is 19.1. The Labute approximate surface area is 158 Å². The lowest BCUT2D eigenvalue weighted by Gasteiger charge is -2.26. The predicted octanol–water partition coefficient (Wildman–Crippen LogP) is 4.75. The molecule has 1 aromatic carbocycles. The number of carbonyl (C=O) groups excluding carboxylic acids is 1. The summed E-state index contributed by atoms with van der Waals surface area (Å²) in [5.41, 5.74) is 0.386. The van der Waals surface area contributed by atoms with E-state index in [-0.39, 0.29) is 23.2 Å². The Bertz CT molecular complexity index is 607. The van der Waals surface area contributed by atoms with Crippen molar-refractivity contribution in [2.24, 2.45) is 0 Å². The molecule has 2 rings (SSSR count). The van der Waals surface area contributed by atoms with E-state index < -0.39 is 11.4 Å². The fourth-order valence-corrected chi connectivity index (χ4v) is 3.26. The molecule has 0 bridgehead atoms. The minimum Gasteiger partial charge on any atom is -0.444 e. The monoisotopic (exact) mass is 390 g/mol. The summed E-state index contributed by atoms with van der Waals surface area (Å²) in [6.07, 6.45) is 1.22. The molecule has 4 nitrogen and oxygen atoms in total. The molecule has 1 unspecified atom stereocenters. The molecule has 1 saturated heterocycles. The summed E-state index contributed by atoms with van der Waals surface area (Å²) in [5.74, 6) is 0.0295. The lowest BCUT2D eigenvalue weighted by molar-refractivity contribution is 0.0290. The van der Waals surface area contributed by atoms with Gasteiger partial charge in [-0.05, 0) is 51.3 Å². The van der Waals surface area contributed by atoms with E-state index in [4.69, 9.17) is 27.9 Å². The summed E-state index contributed by atoms with van der Waals surface area (Å²) in [5, 5.41) is 3.61. The first-order chi connectivity index (χ1) is 11.7. The summed E-state index contributed by atoms with van der Waals surface area (Å²) < 4.78 is 18.8. The molecule has 1 amide bonds. The number of rotatable bonds is 5. The Balaban J connectivity index is 1.99. The number of benzene rings is 1. The lowest BCUT2D eigenvalue weighted by atomic mass is 10.0. The first-order valence-corrected chi connectivity index (χ1v) is 9.35. The Hall–Kier alpha value is -1.04. The summed E-state index contributed by atoms with van der Waals surface area (Å²) in [7, 11) is 0. The third-order valence-electron chi connectivity index (χ3n) is 4.02. The van der Waals surface area contributed by atoms with Crippen LogP contribution in [0.2, 0.25) is 5.02 Å². The number of carbonyl (C=O) groups is 1. The van der Waals surface area contributed by atoms with Gasteiger partial charge in [0.1, 0.15) is 11.4 Å². The quantitative estimate of drug-likeness (QED) is 0.737. The molecular weight excluding hydrogens is 366 g/mol. The number of hydrogen-bond acceptors (Lipinski definition) is 3. The molecule has 1 fully saturated rings.